The second-order valence-corrected chi connectivity index (χ2v) is 5.52. The molecule has 1 saturated heterocycles. The van der Waals surface area contributed by atoms with Crippen LogP contribution in [0.25, 0.3) is 0 Å². The molecule has 2 rings (SSSR count). The first-order valence-electron chi connectivity index (χ1n) is 7.29. The normalized spacial score (nSPS) is 16.9. The van der Waals surface area contributed by atoms with Crippen LogP contribution in [-0.2, 0) is 0 Å². The molecule has 0 atom stereocenters. The molecule has 108 valence electrons. The summed E-state index contributed by atoms with van der Waals surface area (Å²) in [6.07, 6.45) is 2.37. The van der Waals surface area contributed by atoms with E-state index in [0.717, 1.165) is 11.4 Å². The molecule has 1 aromatic carbocycles. The lowest BCUT2D eigenvalue weighted by Crippen LogP contribution is -2.42. The van der Waals surface area contributed by atoms with Crippen LogP contribution < -0.4 is 10.1 Å². The fraction of sp³-hybridized carbons (Fsp3) is 0.562. The highest BCUT2D eigenvalue weighted by atomic mass is 16.5. The molecule has 1 heterocycles. The van der Waals surface area contributed by atoms with Crippen molar-refractivity contribution in [3.63, 3.8) is 0 Å². The first kappa shape index (κ1) is 14.7. The van der Waals surface area contributed by atoms with Gasteiger partial charge in [0.25, 0.3) is 0 Å². The molecule has 0 aromatic heterocycles. The Kier molecular flexibility index (Phi) is 5.25. The molecule has 0 amide bonds. The average molecular weight is 273 g/mol. The summed E-state index contributed by atoms with van der Waals surface area (Å²) in [6.45, 7) is 6.94. The lowest BCUT2D eigenvalue weighted by atomic mass is 10.0. The van der Waals surface area contributed by atoms with Gasteiger partial charge in [0.1, 0.15) is 11.8 Å². The number of rotatable bonds is 5. The van der Waals surface area contributed by atoms with E-state index in [1.54, 1.807) is 0 Å². The van der Waals surface area contributed by atoms with Gasteiger partial charge in [-0.1, -0.05) is 0 Å². The molecular formula is C16H23N3O. The summed E-state index contributed by atoms with van der Waals surface area (Å²) in [5, 5.41) is 12.0. The predicted molar refractivity (Wildman–Crippen MR) is 80.9 cm³/mol. The number of likely N-dealkylation sites (tertiary alicyclic amines) is 1. The Morgan fingerprint density at radius 3 is 2.50 bits per heavy atom. The largest absolute Gasteiger partial charge is 0.479 e. The van der Waals surface area contributed by atoms with Gasteiger partial charge in [0.2, 0.25) is 0 Å². The van der Waals surface area contributed by atoms with Crippen LogP contribution in [0.15, 0.2) is 24.3 Å². The minimum absolute atomic E-state index is 0.0977. The van der Waals surface area contributed by atoms with Crippen LogP contribution in [0.5, 0.6) is 5.75 Å². The number of nitrogens with one attached hydrogen (secondary N) is 1. The standard InChI is InChI=1S/C16H23N3O/c1-13(2)19-10-7-15(8-11-19)18-14-3-5-16(6-4-14)20-12-9-17/h3-6,13,15,18H,7-8,10-12H2,1-2H3. The predicted octanol–water partition coefficient (Wildman–Crippen LogP) is 2.87. The third-order valence-corrected chi connectivity index (χ3v) is 3.79. The van der Waals surface area contributed by atoms with E-state index >= 15 is 0 Å². The molecule has 0 unspecified atom stereocenters. The monoisotopic (exact) mass is 273 g/mol. The molecular weight excluding hydrogens is 250 g/mol. The van der Waals surface area contributed by atoms with Crippen molar-refractivity contribution in [1.29, 1.82) is 5.26 Å². The third-order valence-electron chi connectivity index (χ3n) is 3.79. The lowest BCUT2D eigenvalue weighted by molar-refractivity contribution is 0.177. The second-order valence-electron chi connectivity index (χ2n) is 5.52. The van der Waals surface area contributed by atoms with Gasteiger partial charge < -0.3 is 15.0 Å². The van der Waals surface area contributed by atoms with Crippen molar-refractivity contribution in [1.82, 2.24) is 4.90 Å². The van der Waals surface area contributed by atoms with E-state index < -0.39 is 0 Å². The molecule has 1 fully saturated rings. The highest BCUT2D eigenvalue weighted by Crippen LogP contribution is 2.20. The smallest absolute Gasteiger partial charge is 0.174 e. The van der Waals surface area contributed by atoms with Crippen molar-refractivity contribution in [2.45, 2.75) is 38.8 Å². The SMILES string of the molecule is CC(C)N1CCC(Nc2ccc(OCC#N)cc2)CC1. The maximum absolute atomic E-state index is 8.47. The fourth-order valence-corrected chi connectivity index (χ4v) is 2.56. The summed E-state index contributed by atoms with van der Waals surface area (Å²) < 4.78 is 5.24. The molecule has 1 aromatic rings. The summed E-state index contributed by atoms with van der Waals surface area (Å²) in [5.41, 5.74) is 1.12. The Labute approximate surface area is 121 Å². The molecule has 0 aliphatic carbocycles. The van der Waals surface area contributed by atoms with Crippen molar-refractivity contribution < 1.29 is 4.74 Å². The van der Waals surface area contributed by atoms with Gasteiger partial charge in [-0.05, 0) is 51.0 Å². The summed E-state index contributed by atoms with van der Waals surface area (Å²) in [5.74, 6) is 0.742. The van der Waals surface area contributed by atoms with Crippen molar-refractivity contribution in [3.05, 3.63) is 24.3 Å². The molecule has 1 N–H and O–H groups in total. The van der Waals surface area contributed by atoms with Gasteiger partial charge in [0.15, 0.2) is 6.61 Å². The summed E-state index contributed by atoms with van der Waals surface area (Å²) in [6, 6.07) is 11.0. The van der Waals surface area contributed by atoms with Gasteiger partial charge in [0.05, 0.1) is 0 Å². The quantitative estimate of drug-likeness (QED) is 0.896. The van der Waals surface area contributed by atoms with E-state index in [1.807, 2.05) is 30.3 Å². The van der Waals surface area contributed by atoms with Crippen molar-refractivity contribution in [2.24, 2.45) is 0 Å². The number of nitriles is 1. The minimum atomic E-state index is 0.0977. The van der Waals surface area contributed by atoms with Crippen LogP contribution in [0.4, 0.5) is 5.69 Å². The first-order valence-corrected chi connectivity index (χ1v) is 7.29. The van der Waals surface area contributed by atoms with E-state index in [9.17, 15) is 0 Å². The first-order chi connectivity index (χ1) is 9.69. The second kappa shape index (κ2) is 7.16. The van der Waals surface area contributed by atoms with E-state index in [0.29, 0.717) is 12.1 Å². The van der Waals surface area contributed by atoms with Crippen molar-refractivity contribution in [2.75, 3.05) is 25.0 Å². The summed E-state index contributed by atoms with van der Waals surface area (Å²) >= 11 is 0. The summed E-state index contributed by atoms with van der Waals surface area (Å²) in [4.78, 5) is 2.52. The van der Waals surface area contributed by atoms with E-state index in [2.05, 4.69) is 24.1 Å². The number of hydrogen-bond donors (Lipinski definition) is 1. The number of nitrogens with zero attached hydrogens (tertiary/aromatic N) is 2. The molecule has 0 radical (unpaired) electrons. The number of benzene rings is 1. The van der Waals surface area contributed by atoms with Crippen molar-refractivity contribution in [3.8, 4) is 11.8 Å². The Hall–Kier alpha value is -1.73. The maximum atomic E-state index is 8.47. The maximum Gasteiger partial charge on any atom is 0.174 e. The van der Waals surface area contributed by atoms with Crippen LogP contribution in [0.2, 0.25) is 0 Å². The Balaban J connectivity index is 1.81. The van der Waals surface area contributed by atoms with Gasteiger partial charge in [-0.2, -0.15) is 5.26 Å². The van der Waals surface area contributed by atoms with Gasteiger partial charge in [-0.25, -0.2) is 0 Å². The Bertz CT molecular complexity index is 442. The zero-order chi connectivity index (χ0) is 14.4. The van der Waals surface area contributed by atoms with Crippen molar-refractivity contribution >= 4 is 5.69 Å². The highest BCUT2D eigenvalue weighted by molar-refractivity contribution is 5.47. The van der Waals surface area contributed by atoms with E-state index in [4.69, 9.17) is 10.00 Å². The Morgan fingerprint density at radius 2 is 1.95 bits per heavy atom. The molecule has 20 heavy (non-hydrogen) atoms. The number of hydrogen-bond acceptors (Lipinski definition) is 4. The topological polar surface area (TPSA) is 48.3 Å². The zero-order valence-corrected chi connectivity index (χ0v) is 12.3. The van der Waals surface area contributed by atoms with Crippen LogP contribution in [-0.4, -0.2) is 36.7 Å². The lowest BCUT2D eigenvalue weighted by Gasteiger charge is -2.35. The zero-order valence-electron chi connectivity index (χ0n) is 12.3. The van der Waals surface area contributed by atoms with Crippen LogP contribution in [0.3, 0.4) is 0 Å². The fourth-order valence-electron chi connectivity index (χ4n) is 2.56. The third kappa shape index (κ3) is 4.14. The molecule has 0 saturated carbocycles. The van der Waals surface area contributed by atoms with Gasteiger partial charge in [-0.15, -0.1) is 0 Å². The molecule has 1 aliphatic heterocycles. The molecule has 0 spiro atoms. The average Bonchev–Trinajstić information content (AvgIpc) is 2.47. The van der Waals surface area contributed by atoms with E-state index in [-0.39, 0.29) is 6.61 Å². The van der Waals surface area contributed by atoms with Crippen LogP contribution in [0.1, 0.15) is 26.7 Å². The molecule has 0 bridgehead atoms. The number of piperidine rings is 1. The van der Waals surface area contributed by atoms with Crippen LogP contribution in [0, 0.1) is 11.3 Å². The number of anilines is 1. The van der Waals surface area contributed by atoms with Gasteiger partial charge in [-0.3, -0.25) is 0 Å². The molecule has 4 nitrogen and oxygen atoms in total. The molecule has 1 aliphatic rings. The number of ether oxygens (including phenoxy) is 1. The van der Waals surface area contributed by atoms with Gasteiger partial charge >= 0.3 is 0 Å². The molecule has 4 heteroatoms. The Morgan fingerprint density at radius 1 is 1.30 bits per heavy atom. The van der Waals surface area contributed by atoms with Gasteiger partial charge in [0, 0.05) is 30.9 Å². The van der Waals surface area contributed by atoms with Crippen LogP contribution >= 0.6 is 0 Å². The summed E-state index contributed by atoms with van der Waals surface area (Å²) in [7, 11) is 0. The minimum Gasteiger partial charge on any atom is -0.479 e. The highest BCUT2D eigenvalue weighted by Gasteiger charge is 2.20. The van der Waals surface area contributed by atoms with E-state index in [1.165, 1.54) is 25.9 Å².